The second kappa shape index (κ2) is 6.06. The molecule has 0 unspecified atom stereocenters. The van der Waals surface area contributed by atoms with E-state index in [1.54, 1.807) is 0 Å². The Balaban J connectivity index is 1.83. The van der Waals surface area contributed by atoms with Gasteiger partial charge in [-0.05, 0) is 49.4 Å². The fourth-order valence-corrected chi connectivity index (χ4v) is 2.40. The highest BCUT2D eigenvalue weighted by Gasteiger charge is 2.29. The van der Waals surface area contributed by atoms with Crippen LogP contribution in [0.4, 0.5) is 0 Å². The van der Waals surface area contributed by atoms with Gasteiger partial charge in [-0.15, -0.1) is 0 Å². The van der Waals surface area contributed by atoms with Crippen molar-refractivity contribution in [1.82, 2.24) is 5.32 Å². The van der Waals surface area contributed by atoms with Gasteiger partial charge in [0.15, 0.2) is 0 Å². The van der Waals surface area contributed by atoms with Crippen molar-refractivity contribution >= 4 is 0 Å². The minimum absolute atomic E-state index is 0.737. The molecule has 0 amide bonds. The molecule has 17 heavy (non-hydrogen) atoms. The molecule has 0 bridgehead atoms. The van der Waals surface area contributed by atoms with E-state index in [-0.39, 0.29) is 0 Å². The Morgan fingerprint density at radius 1 is 1.18 bits per heavy atom. The molecule has 1 N–H and O–H groups in total. The Labute approximate surface area is 104 Å². The van der Waals surface area contributed by atoms with Gasteiger partial charge in [0.1, 0.15) is 5.75 Å². The summed E-state index contributed by atoms with van der Waals surface area (Å²) in [5, 5.41) is 3.50. The zero-order valence-corrected chi connectivity index (χ0v) is 10.9. The maximum atomic E-state index is 5.59. The van der Waals surface area contributed by atoms with Crippen molar-refractivity contribution < 1.29 is 4.74 Å². The third-order valence-corrected chi connectivity index (χ3v) is 3.46. The molecule has 0 spiro atoms. The highest BCUT2D eigenvalue weighted by molar-refractivity contribution is 5.31. The lowest BCUT2D eigenvalue weighted by molar-refractivity contribution is 0.295. The van der Waals surface area contributed by atoms with E-state index in [4.69, 9.17) is 4.74 Å². The molecular weight excluding hydrogens is 210 g/mol. The minimum Gasteiger partial charge on any atom is -0.494 e. The van der Waals surface area contributed by atoms with Crippen LogP contribution in [0.25, 0.3) is 0 Å². The fraction of sp³-hybridized carbons (Fsp3) is 0.600. The first-order valence-electron chi connectivity index (χ1n) is 6.79. The smallest absolute Gasteiger partial charge is 0.119 e. The largest absolute Gasteiger partial charge is 0.494 e. The Morgan fingerprint density at radius 2 is 1.88 bits per heavy atom. The maximum absolute atomic E-state index is 5.59. The van der Waals surface area contributed by atoms with Crippen LogP contribution in [0.3, 0.4) is 0 Å². The van der Waals surface area contributed by atoms with E-state index in [0.29, 0.717) is 0 Å². The van der Waals surface area contributed by atoms with E-state index >= 15 is 0 Å². The van der Waals surface area contributed by atoms with Gasteiger partial charge in [0.2, 0.25) is 0 Å². The van der Waals surface area contributed by atoms with E-state index in [1.807, 2.05) is 0 Å². The first-order valence-corrected chi connectivity index (χ1v) is 6.79. The van der Waals surface area contributed by atoms with E-state index in [0.717, 1.165) is 37.3 Å². The van der Waals surface area contributed by atoms with Crippen LogP contribution in [-0.2, 0) is 0 Å². The Bertz CT molecular complexity index is 327. The molecule has 2 rings (SSSR count). The first-order chi connectivity index (χ1) is 8.33. The highest BCUT2D eigenvalue weighted by Crippen LogP contribution is 2.37. The zero-order chi connectivity index (χ0) is 12.1. The van der Waals surface area contributed by atoms with E-state index in [9.17, 15) is 0 Å². The predicted octanol–water partition coefficient (Wildman–Crippen LogP) is 3.33. The summed E-state index contributed by atoms with van der Waals surface area (Å²) in [7, 11) is 0. The highest BCUT2D eigenvalue weighted by atomic mass is 16.5. The summed E-state index contributed by atoms with van der Waals surface area (Å²) >= 11 is 0. The molecule has 2 nitrogen and oxygen atoms in total. The zero-order valence-electron chi connectivity index (χ0n) is 10.9. The molecule has 0 aliphatic heterocycles. The second-order valence-corrected chi connectivity index (χ2v) is 4.84. The Morgan fingerprint density at radius 3 is 2.47 bits per heavy atom. The number of rotatable bonds is 6. The molecule has 1 aromatic carbocycles. The average molecular weight is 233 g/mol. The van der Waals surface area contributed by atoms with Gasteiger partial charge in [-0.3, -0.25) is 0 Å². The summed E-state index contributed by atoms with van der Waals surface area (Å²) in [4.78, 5) is 0. The van der Waals surface area contributed by atoms with Gasteiger partial charge in [0.05, 0.1) is 6.61 Å². The lowest BCUT2D eigenvalue weighted by Gasteiger charge is -2.36. The van der Waals surface area contributed by atoms with Crippen molar-refractivity contribution in [3.63, 3.8) is 0 Å². The predicted molar refractivity (Wildman–Crippen MR) is 71.7 cm³/mol. The molecule has 94 valence electrons. The molecule has 1 saturated carbocycles. The van der Waals surface area contributed by atoms with Crippen LogP contribution in [0.2, 0.25) is 0 Å². The van der Waals surface area contributed by atoms with Crippen LogP contribution in [0.5, 0.6) is 5.75 Å². The fourth-order valence-electron chi connectivity index (χ4n) is 2.40. The molecule has 0 radical (unpaired) electrons. The van der Waals surface area contributed by atoms with E-state index < -0.39 is 0 Å². The number of benzene rings is 1. The van der Waals surface area contributed by atoms with Crippen LogP contribution in [0, 0.1) is 0 Å². The average Bonchev–Trinajstić information content (AvgIpc) is 2.32. The number of hydrogen-bond donors (Lipinski definition) is 1. The van der Waals surface area contributed by atoms with E-state index in [2.05, 4.69) is 43.4 Å². The van der Waals surface area contributed by atoms with Crippen molar-refractivity contribution in [1.29, 1.82) is 0 Å². The standard InChI is InChI=1S/C15H23NO/c1-3-9-17-15-7-5-12(6-8-15)13-10-14(11-13)16-4-2/h5-8,13-14,16H,3-4,9-11H2,1-2H3. The lowest BCUT2D eigenvalue weighted by Crippen LogP contribution is -2.39. The molecule has 0 heterocycles. The molecule has 1 aliphatic rings. The molecule has 1 aliphatic carbocycles. The van der Waals surface area contributed by atoms with Gasteiger partial charge < -0.3 is 10.1 Å². The SMILES string of the molecule is CCCOc1ccc(C2CC(NCC)C2)cc1. The third kappa shape index (κ3) is 3.22. The molecule has 0 saturated heterocycles. The van der Waals surface area contributed by atoms with Crippen LogP contribution in [0.1, 0.15) is 44.6 Å². The van der Waals surface area contributed by atoms with Gasteiger partial charge in [-0.2, -0.15) is 0 Å². The van der Waals surface area contributed by atoms with E-state index in [1.165, 1.54) is 18.4 Å². The van der Waals surface area contributed by atoms with Crippen molar-refractivity contribution in [2.24, 2.45) is 0 Å². The summed E-state index contributed by atoms with van der Waals surface area (Å²) in [6.07, 6.45) is 3.63. The van der Waals surface area contributed by atoms with Gasteiger partial charge in [0, 0.05) is 6.04 Å². The van der Waals surface area contributed by atoms with Crippen molar-refractivity contribution in [3.05, 3.63) is 29.8 Å². The Hall–Kier alpha value is -1.02. The van der Waals surface area contributed by atoms with Crippen LogP contribution in [0.15, 0.2) is 24.3 Å². The summed E-state index contributed by atoms with van der Waals surface area (Å²) in [5.74, 6) is 1.75. The quantitative estimate of drug-likeness (QED) is 0.813. The van der Waals surface area contributed by atoms with Crippen LogP contribution in [-0.4, -0.2) is 19.2 Å². The molecule has 1 aromatic rings. The topological polar surface area (TPSA) is 21.3 Å². The van der Waals surface area contributed by atoms with Crippen LogP contribution < -0.4 is 10.1 Å². The number of ether oxygens (including phenoxy) is 1. The summed E-state index contributed by atoms with van der Waals surface area (Å²) < 4.78 is 5.59. The summed E-state index contributed by atoms with van der Waals surface area (Å²) in [6.45, 7) is 6.20. The minimum atomic E-state index is 0.737. The third-order valence-electron chi connectivity index (χ3n) is 3.46. The molecular formula is C15H23NO. The number of nitrogens with one attached hydrogen (secondary N) is 1. The van der Waals surface area contributed by atoms with Gasteiger partial charge in [-0.25, -0.2) is 0 Å². The normalized spacial score (nSPS) is 23.2. The molecule has 0 aromatic heterocycles. The first kappa shape index (κ1) is 12.4. The van der Waals surface area contributed by atoms with Gasteiger partial charge >= 0.3 is 0 Å². The van der Waals surface area contributed by atoms with Gasteiger partial charge in [-0.1, -0.05) is 26.0 Å². The van der Waals surface area contributed by atoms with Crippen molar-refractivity contribution in [3.8, 4) is 5.75 Å². The van der Waals surface area contributed by atoms with Crippen LogP contribution >= 0.6 is 0 Å². The monoisotopic (exact) mass is 233 g/mol. The van der Waals surface area contributed by atoms with Gasteiger partial charge in [0.25, 0.3) is 0 Å². The Kier molecular flexibility index (Phi) is 4.43. The molecule has 2 heteroatoms. The molecule has 0 atom stereocenters. The summed E-state index contributed by atoms with van der Waals surface area (Å²) in [5.41, 5.74) is 1.46. The lowest BCUT2D eigenvalue weighted by atomic mass is 9.76. The number of hydrogen-bond acceptors (Lipinski definition) is 2. The molecule has 1 fully saturated rings. The van der Waals surface area contributed by atoms with Crippen molar-refractivity contribution in [2.45, 2.75) is 45.1 Å². The van der Waals surface area contributed by atoms with Crippen molar-refractivity contribution in [2.75, 3.05) is 13.2 Å². The summed E-state index contributed by atoms with van der Waals surface area (Å²) in [6, 6.07) is 9.38. The second-order valence-electron chi connectivity index (χ2n) is 4.84. The maximum Gasteiger partial charge on any atom is 0.119 e.